The highest BCUT2D eigenvalue weighted by atomic mass is 32.2. The number of nitro benzene ring substituents is 1. The smallest absolute Gasteiger partial charge is 0.269 e. The molecule has 2 aromatic rings. The Morgan fingerprint density at radius 3 is 2.26 bits per heavy atom. The number of rotatable bonds is 20. The minimum Gasteiger partial charge on any atom is -0.382 e. The summed E-state index contributed by atoms with van der Waals surface area (Å²) >= 11 is 1.35. The lowest BCUT2D eigenvalue weighted by Gasteiger charge is -2.28. The van der Waals surface area contributed by atoms with Crippen molar-refractivity contribution in [3.8, 4) is 0 Å². The van der Waals surface area contributed by atoms with Crippen LogP contribution in [0, 0.1) is 10.1 Å². The summed E-state index contributed by atoms with van der Waals surface area (Å²) in [6, 6.07) is 10.2. The summed E-state index contributed by atoms with van der Waals surface area (Å²) in [5.74, 6) is -0.931. The van der Waals surface area contributed by atoms with Crippen LogP contribution in [0.15, 0.2) is 47.4 Å². The lowest BCUT2D eigenvalue weighted by atomic mass is 10.0. The van der Waals surface area contributed by atoms with Crippen LogP contribution in [-0.4, -0.2) is 93.9 Å². The number of nitrogens with zero attached hydrogens (tertiary/aromatic N) is 2. The molecule has 236 valence electrons. The Labute approximate surface area is 256 Å². The molecule has 2 aromatic carbocycles. The van der Waals surface area contributed by atoms with Crippen molar-refractivity contribution in [1.29, 1.82) is 0 Å². The van der Waals surface area contributed by atoms with E-state index in [1.807, 2.05) is 13.8 Å². The van der Waals surface area contributed by atoms with Crippen LogP contribution in [0.2, 0.25) is 0 Å². The highest BCUT2D eigenvalue weighted by Crippen LogP contribution is 2.23. The maximum atomic E-state index is 13.4. The molecule has 14 heteroatoms. The van der Waals surface area contributed by atoms with E-state index in [0.29, 0.717) is 57.8 Å². The number of nitrogens with one attached hydrogen (secondary N) is 3. The topological polar surface area (TPSA) is 169 Å². The fraction of sp³-hybridized carbons (Fsp3) is 0.448. The molecule has 0 saturated heterocycles. The van der Waals surface area contributed by atoms with Gasteiger partial charge in [0.15, 0.2) is 6.29 Å². The molecule has 0 bridgehead atoms. The first kappa shape index (κ1) is 37.2. The number of non-ortho nitro benzene ring substituents is 1. The van der Waals surface area contributed by atoms with E-state index >= 15 is 0 Å². The van der Waals surface area contributed by atoms with Gasteiger partial charge in [0, 0.05) is 61.9 Å². The van der Waals surface area contributed by atoms with E-state index in [1.54, 1.807) is 24.3 Å². The fourth-order valence-corrected chi connectivity index (χ4v) is 4.35. The molecule has 2 rings (SSSR count). The van der Waals surface area contributed by atoms with Crippen molar-refractivity contribution in [2.45, 2.75) is 37.6 Å². The van der Waals surface area contributed by atoms with E-state index in [-0.39, 0.29) is 29.7 Å². The van der Waals surface area contributed by atoms with Gasteiger partial charge >= 0.3 is 0 Å². The van der Waals surface area contributed by atoms with Gasteiger partial charge in [0.05, 0.1) is 36.9 Å². The molecule has 0 spiro atoms. The Kier molecular flexibility index (Phi) is 18.8. The molecular formula is C29H41N5O8S. The highest BCUT2D eigenvalue weighted by Gasteiger charge is 2.29. The van der Waals surface area contributed by atoms with Crippen LogP contribution in [0.5, 0.6) is 0 Å². The summed E-state index contributed by atoms with van der Waals surface area (Å²) in [6.45, 7) is 6.40. The summed E-state index contributed by atoms with van der Waals surface area (Å²) < 4.78 is 14.2. The monoisotopic (exact) mass is 619 g/mol. The van der Waals surface area contributed by atoms with Gasteiger partial charge in [-0.3, -0.25) is 29.2 Å². The second kappa shape index (κ2) is 21.8. The van der Waals surface area contributed by atoms with Crippen molar-refractivity contribution in [2.24, 2.45) is 0 Å². The van der Waals surface area contributed by atoms with Crippen LogP contribution in [0.3, 0.4) is 0 Å². The van der Waals surface area contributed by atoms with Gasteiger partial charge in [-0.15, -0.1) is 0 Å². The van der Waals surface area contributed by atoms with Gasteiger partial charge in [0.25, 0.3) is 11.6 Å². The molecular weight excluding hydrogens is 578 g/mol. The van der Waals surface area contributed by atoms with Crippen LogP contribution in [0.4, 0.5) is 11.4 Å². The number of amides is 2. The van der Waals surface area contributed by atoms with Crippen LogP contribution < -0.4 is 15.4 Å². The van der Waals surface area contributed by atoms with Crippen LogP contribution in [0.1, 0.15) is 47.4 Å². The first-order chi connectivity index (χ1) is 20.8. The number of ether oxygens (including phenoxy) is 2. The van der Waals surface area contributed by atoms with Gasteiger partial charge in [-0.25, -0.2) is 0 Å². The minimum atomic E-state index is -0.871. The first-order valence-electron chi connectivity index (χ1n) is 13.9. The second-order valence-corrected chi connectivity index (χ2v) is 9.54. The van der Waals surface area contributed by atoms with Crippen molar-refractivity contribution in [3.63, 3.8) is 0 Å². The van der Waals surface area contributed by atoms with E-state index in [0.717, 1.165) is 4.90 Å². The quantitative estimate of drug-likeness (QED) is 0.0653. The molecule has 2 amide bonds. The van der Waals surface area contributed by atoms with Crippen molar-refractivity contribution in [2.75, 3.05) is 58.9 Å². The van der Waals surface area contributed by atoms with Crippen LogP contribution >= 0.6 is 11.9 Å². The van der Waals surface area contributed by atoms with Crippen molar-refractivity contribution in [3.05, 3.63) is 63.7 Å². The largest absolute Gasteiger partial charge is 0.382 e. The number of likely N-dealkylation sites (N-methyl/N-ethyl adjacent to an activating group) is 2. The molecule has 0 aromatic heterocycles. The first-order valence-corrected chi connectivity index (χ1v) is 14.7. The lowest BCUT2D eigenvalue weighted by molar-refractivity contribution is -0.384. The standard InChI is InChI=1S/C27H35N5O8S.C2H6/c1-28-26(35)24(7-4-14-33)31(2)27(36)25-20(19-34)5-3-6-23(25)29-12-15-39-17-18-40-16-13-30-41-22-10-8-21(9-11-22)32(37)38;1-2/h3,5-6,8-11,14,19,24,29-30H,4,7,12-13,15-18H2,1-2H3,(H,28,35);1-2H3. The zero-order valence-electron chi connectivity index (χ0n) is 25.0. The summed E-state index contributed by atoms with van der Waals surface area (Å²) in [5, 5.41) is 16.3. The van der Waals surface area contributed by atoms with Crippen molar-refractivity contribution < 1.29 is 33.6 Å². The molecule has 0 aliphatic heterocycles. The number of carbonyl (C=O) groups excluding carboxylic acids is 4. The van der Waals surface area contributed by atoms with Gasteiger partial charge in [-0.2, -0.15) is 0 Å². The minimum absolute atomic E-state index is 0.0438. The number of nitro groups is 1. The summed E-state index contributed by atoms with van der Waals surface area (Å²) in [6.07, 6.45) is 1.53. The maximum absolute atomic E-state index is 13.4. The average Bonchev–Trinajstić information content (AvgIpc) is 3.04. The van der Waals surface area contributed by atoms with E-state index < -0.39 is 22.8 Å². The van der Waals surface area contributed by atoms with Crippen molar-refractivity contribution in [1.82, 2.24) is 14.9 Å². The molecule has 1 atom stereocenters. The number of hydrogen-bond donors (Lipinski definition) is 3. The summed E-state index contributed by atoms with van der Waals surface area (Å²) in [5.41, 5.74) is 0.774. The summed E-state index contributed by atoms with van der Waals surface area (Å²) in [4.78, 5) is 60.6. The Hall–Kier alpha value is -3.85. The Bertz CT molecular complexity index is 1170. The van der Waals surface area contributed by atoms with E-state index in [1.165, 1.54) is 49.1 Å². The number of hydrogen-bond acceptors (Lipinski definition) is 11. The number of aldehydes is 2. The normalized spacial score (nSPS) is 11.0. The molecule has 43 heavy (non-hydrogen) atoms. The third-order valence-corrected chi connectivity index (χ3v) is 6.71. The Morgan fingerprint density at radius 1 is 1.02 bits per heavy atom. The van der Waals surface area contributed by atoms with E-state index in [9.17, 15) is 29.3 Å². The maximum Gasteiger partial charge on any atom is 0.269 e. The third-order valence-electron chi connectivity index (χ3n) is 5.85. The van der Waals surface area contributed by atoms with Gasteiger partial charge in [0.1, 0.15) is 12.3 Å². The SMILES string of the molecule is CC.CNC(=O)C(CCC=O)N(C)C(=O)c1c(C=O)cccc1NCCOCCOCCNSc1ccc([N+](=O)[O-])cc1. The van der Waals surface area contributed by atoms with Crippen molar-refractivity contribution >= 4 is 47.7 Å². The molecule has 13 nitrogen and oxygen atoms in total. The zero-order chi connectivity index (χ0) is 32.0. The molecule has 0 fully saturated rings. The highest BCUT2D eigenvalue weighted by molar-refractivity contribution is 7.97. The van der Waals surface area contributed by atoms with Crippen LogP contribution in [0.25, 0.3) is 0 Å². The summed E-state index contributed by atoms with van der Waals surface area (Å²) in [7, 11) is 2.91. The molecule has 0 aliphatic rings. The molecule has 0 aliphatic carbocycles. The van der Waals surface area contributed by atoms with Gasteiger partial charge in [0.2, 0.25) is 5.91 Å². The molecule has 0 radical (unpaired) electrons. The van der Waals surface area contributed by atoms with Gasteiger partial charge in [-0.05, 0) is 36.6 Å². The van der Waals surface area contributed by atoms with E-state index in [2.05, 4.69) is 15.4 Å². The molecule has 0 saturated carbocycles. The lowest BCUT2D eigenvalue weighted by Crippen LogP contribution is -2.47. The Balaban J connectivity index is 0.00000452. The number of anilines is 1. The fourth-order valence-electron chi connectivity index (χ4n) is 3.73. The zero-order valence-corrected chi connectivity index (χ0v) is 25.8. The number of benzene rings is 2. The second-order valence-electron chi connectivity index (χ2n) is 8.58. The molecule has 1 unspecified atom stereocenters. The predicted molar refractivity (Wildman–Crippen MR) is 166 cm³/mol. The molecule has 0 heterocycles. The molecule has 3 N–H and O–H groups in total. The number of carbonyl (C=O) groups is 4. The average molecular weight is 620 g/mol. The van der Waals surface area contributed by atoms with Gasteiger partial charge in [-0.1, -0.05) is 26.0 Å². The predicted octanol–water partition coefficient (Wildman–Crippen LogP) is 3.34. The van der Waals surface area contributed by atoms with Crippen LogP contribution in [-0.2, 0) is 19.1 Å². The third kappa shape index (κ3) is 12.9. The van der Waals surface area contributed by atoms with E-state index in [4.69, 9.17) is 9.47 Å². The Morgan fingerprint density at radius 2 is 1.67 bits per heavy atom. The van der Waals surface area contributed by atoms with Gasteiger partial charge < -0.3 is 29.8 Å².